The molecule has 2 fully saturated rings. The van der Waals surface area contributed by atoms with Gasteiger partial charge in [-0.1, -0.05) is 0 Å². The number of amides is 1. The smallest absolute Gasteiger partial charge is 0.235 e. The molecular weight excluding hydrogens is 501 g/mol. The third kappa shape index (κ3) is 5.64. The lowest BCUT2D eigenvalue weighted by Gasteiger charge is -2.35. The predicted molar refractivity (Wildman–Crippen MR) is 142 cm³/mol. The lowest BCUT2D eigenvalue weighted by molar-refractivity contribution is -0.229. The van der Waals surface area contributed by atoms with Crippen LogP contribution in [0.4, 0.5) is 16.0 Å². The molecule has 1 saturated heterocycles. The van der Waals surface area contributed by atoms with Crippen LogP contribution in [0.1, 0.15) is 31.9 Å². The topological polar surface area (TPSA) is 127 Å². The van der Waals surface area contributed by atoms with Crippen molar-refractivity contribution in [2.45, 2.75) is 26.1 Å². The largest absolute Gasteiger partial charge is 0.354 e. The number of carbonyl (C=O) groups excluding carboxylic acids is 1. The minimum Gasteiger partial charge on any atom is -0.354 e. The molecule has 3 aromatic heterocycles. The van der Waals surface area contributed by atoms with Crippen LogP contribution >= 0.6 is 0 Å². The van der Waals surface area contributed by atoms with Crippen molar-refractivity contribution in [2.24, 2.45) is 11.3 Å². The molecule has 6 rings (SSSR count). The summed E-state index contributed by atoms with van der Waals surface area (Å²) in [5.74, 6) is 1.05. The molecule has 200 valence electrons. The average molecular weight is 530 g/mol. The van der Waals surface area contributed by atoms with Crippen molar-refractivity contribution in [3.63, 3.8) is 0 Å². The minimum absolute atomic E-state index is 0.119. The van der Waals surface area contributed by atoms with Crippen molar-refractivity contribution in [1.29, 1.82) is 0 Å². The molecule has 0 spiro atoms. The average Bonchev–Trinajstić information content (AvgIpc) is 3.69. The second-order valence-electron chi connectivity index (χ2n) is 10.2. The molecule has 4 heterocycles. The van der Waals surface area contributed by atoms with Gasteiger partial charge in [0, 0.05) is 24.5 Å². The first-order valence-electron chi connectivity index (χ1n) is 12.8. The number of benzene rings is 1. The molecule has 10 nitrogen and oxygen atoms in total. The highest BCUT2D eigenvalue weighted by Gasteiger charge is 2.41. The van der Waals surface area contributed by atoms with Crippen LogP contribution in [-0.2, 0) is 14.3 Å². The predicted octanol–water partition coefficient (Wildman–Crippen LogP) is 4.58. The van der Waals surface area contributed by atoms with Crippen molar-refractivity contribution < 1.29 is 18.7 Å². The maximum absolute atomic E-state index is 13.7. The number of imidazole rings is 1. The number of ether oxygens (including phenoxy) is 2. The second-order valence-corrected chi connectivity index (χ2v) is 10.2. The van der Waals surface area contributed by atoms with Gasteiger partial charge < -0.3 is 25.1 Å². The molecule has 3 N–H and O–H groups in total. The fraction of sp³-hybridized carbons (Fsp3) is 0.321. The Morgan fingerprint density at radius 2 is 1.90 bits per heavy atom. The van der Waals surface area contributed by atoms with E-state index < -0.39 is 11.7 Å². The molecule has 39 heavy (non-hydrogen) atoms. The van der Waals surface area contributed by atoms with Crippen molar-refractivity contribution in [2.75, 3.05) is 30.4 Å². The molecular formula is C28H28FN7O3. The first-order valence-corrected chi connectivity index (χ1v) is 12.8. The van der Waals surface area contributed by atoms with Crippen LogP contribution in [0, 0.1) is 17.2 Å². The summed E-state index contributed by atoms with van der Waals surface area (Å²) in [6.07, 6.45) is 6.52. The second kappa shape index (κ2) is 10.5. The first kappa shape index (κ1) is 25.1. The highest BCUT2D eigenvalue weighted by molar-refractivity contribution is 5.95. The number of rotatable bonds is 8. The number of nitrogens with one attached hydrogen (secondary N) is 3. The van der Waals surface area contributed by atoms with Gasteiger partial charge in [-0.05, 0) is 68.1 Å². The zero-order valence-electron chi connectivity index (χ0n) is 21.4. The Kier molecular flexibility index (Phi) is 6.76. The minimum atomic E-state index is -0.906. The molecule has 0 atom stereocenters. The Morgan fingerprint density at radius 1 is 1.10 bits per heavy atom. The number of halogens is 1. The van der Waals surface area contributed by atoms with Crippen LogP contribution < -0.4 is 10.6 Å². The van der Waals surface area contributed by atoms with E-state index in [4.69, 9.17) is 14.5 Å². The molecule has 1 aromatic carbocycles. The van der Waals surface area contributed by atoms with Gasteiger partial charge >= 0.3 is 0 Å². The third-order valence-electron chi connectivity index (χ3n) is 6.79. The van der Waals surface area contributed by atoms with Crippen LogP contribution in [0.5, 0.6) is 0 Å². The summed E-state index contributed by atoms with van der Waals surface area (Å²) in [5, 5.41) is 6.15. The maximum Gasteiger partial charge on any atom is 0.235 e. The van der Waals surface area contributed by atoms with Crippen molar-refractivity contribution >= 4 is 17.5 Å². The first-order chi connectivity index (χ1) is 19.0. The molecule has 1 amide bonds. The lowest BCUT2D eigenvalue weighted by atomic mass is 9.91. The van der Waals surface area contributed by atoms with Crippen LogP contribution in [-0.4, -0.2) is 50.6 Å². The SMILES string of the molecule is CC1(C(=O)Nc2cccnc2)COC(c2nc(-c3ccc(F)cc3)c(-c3ccnc(NCC4CC4)n3)[nH]2)OC1. The van der Waals surface area contributed by atoms with E-state index in [0.717, 1.165) is 6.54 Å². The monoisotopic (exact) mass is 529 g/mol. The molecule has 4 aromatic rings. The Labute approximate surface area is 224 Å². The van der Waals surface area contributed by atoms with Gasteiger partial charge in [-0.15, -0.1) is 0 Å². The summed E-state index contributed by atoms with van der Waals surface area (Å²) in [6.45, 7) is 2.85. The summed E-state index contributed by atoms with van der Waals surface area (Å²) in [6, 6.07) is 11.4. The van der Waals surface area contributed by atoms with Gasteiger partial charge in [-0.2, -0.15) is 0 Å². The van der Waals surface area contributed by atoms with E-state index in [2.05, 4.69) is 30.6 Å². The summed E-state index contributed by atoms with van der Waals surface area (Å²) >= 11 is 0. The van der Waals surface area contributed by atoms with Crippen LogP contribution in [0.25, 0.3) is 22.6 Å². The van der Waals surface area contributed by atoms with Crippen LogP contribution in [0.15, 0.2) is 61.1 Å². The van der Waals surface area contributed by atoms with Gasteiger partial charge in [0.15, 0.2) is 5.82 Å². The number of hydrogen-bond acceptors (Lipinski definition) is 8. The molecule has 1 saturated carbocycles. The Hall–Kier alpha value is -4.22. The molecule has 0 radical (unpaired) electrons. The van der Waals surface area contributed by atoms with E-state index in [9.17, 15) is 9.18 Å². The fourth-order valence-corrected chi connectivity index (χ4v) is 4.26. The molecule has 11 heteroatoms. The van der Waals surface area contributed by atoms with E-state index in [1.807, 2.05) is 0 Å². The van der Waals surface area contributed by atoms with E-state index in [1.54, 1.807) is 55.8 Å². The number of H-pyrrole nitrogens is 1. The highest BCUT2D eigenvalue weighted by atomic mass is 19.1. The number of hydrogen-bond donors (Lipinski definition) is 3. The van der Waals surface area contributed by atoms with Crippen LogP contribution in [0.2, 0.25) is 0 Å². The number of nitrogens with zero attached hydrogens (tertiary/aromatic N) is 4. The molecule has 0 unspecified atom stereocenters. The third-order valence-corrected chi connectivity index (χ3v) is 6.79. The van der Waals surface area contributed by atoms with E-state index >= 15 is 0 Å². The summed E-state index contributed by atoms with van der Waals surface area (Å²) in [4.78, 5) is 34.1. The quantitative estimate of drug-likeness (QED) is 0.303. The Morgan fingerprint density at radius 3 is 2.62 bits per heavy atom. The fourth-order valence-electron chi connectivity index (χ4n) is 4.26. The Bertz CT molecular complexity index is 1450. The van der Waals surface area contributed by atoms with Crippen molar-refractivity contribution in [3.8, 4) is 22.6 Å². The number of pyridine rings is 1. The van der Waals surface area contributed by atoms with Gasteiger partial charge in [0.1, 0.15) is 5.82 Å². The van der Waals surface area contributed by atoms with E-state index in [-0.39, 0.29) is 24.9 Å². The molecule has 1 aliphatic heterocycles. The highest BCUT2D eigenvalue weighted by Crippen LogP contribution is 2.36. The van der Waals surface area contributed by atoms with Gasteiger partial charge in [-0.25, -0.2) is 19.3 Å². The molecule has 2 aliphatic rings. The number of anilines is 2. The standard InChI is InChI=1S/C28H28FN7O3/c1-28(26(37)33-20-3-2-11-30-14-20)15-38-25(39-16-28)24-35-22(18-6-8-19(29)9-7-18)23(36-24)21-10-12-31-27(34-21)32-13-17-4-5-17/h2-3,6-12,14,17,25H,4-5,13,15-16H2,1H3,(H,33,37)(H,35,36)(H,31,32,34). The van der Waals surface area contributed by atoms with Crippen LogP contribution in [0.3, 0.4) is 0 Å². The lowest BCUT2D eigenvalue weighted by Crippen LogP contribution is -2.45. The molecule has 1 aliphatic carbocycles. The Balaban J connectivity index is 1.24. The number of aromatic amines is 1. The summed E-state index contributed by atoms with van der Waals surface area (Å²) in [7, 11) is 0. The number of carbonyl (C=O) groups is 1. The van der Waals surface area contributed by atoms with Gasteiger partial charge in [0.2, 0.25) is 18.1 Å². The van der Waals surface area contributed by atoms with Gasteiger partial charge in [-0.3, -0.25) is 9.78 Å². The molecule has 0 bridgehead atoms. The van der Waals surface area contributed by atoms with E-state index in [1.165, 1.54) is 25.0 Å². The van der Waals surface area contributed by atoms with Gasteiger partial charge in [0.05, 0.1) is 47.6 Å². The normalized spacial score (nSPS) is 20.9. The van der Waals surface area contributed by atoms with E-state index in [0.29, 0.717) is 46.0 Å². The van der Waals surface area contributed by atoms with Crippen molar-refractivity contribution in [3.05, 3.63) is 72.7 Å². The van der Waals surface area contributed by atoms with Gasteiger partial charge in [0.25, 0.3) is 0 Å². The van der Waals surface area contributed by atoms with Crippen molar-refractivity contribution in [1.82, 2.24) is 24.9 Å². The summed E-state index contributed by atoms with van der Waals surface area (Å²) in [5.41, 5.74) is 2.22. The zero-order chi connectivity index (χ0) is 26.8. The number of aromatic nitrogens is 5. The summed E-state index contributed by atoms with van der Waals surface area (Å²) < 4.78 is 25.7. The zero-order valence-corrected chi connectivity index (χ0v) is 21.4. The maximum atomic E-state index is 13.7.